The molecule has 2 aromatic carbocycles. The number of carbonyl (C=O) groups is 2. The van der Waals surface area contributed by atoms with Gasteiger partial charge in [0.25, 0.3) is 5.91 Å². The van der Waals surface area contributed by atoms with Crippen molar-refractivity contribution >= 4 is 22.0 Å². The second-order valence-electron chi connectivity index (χ2n) is 10.2. The van der Waals surface area contributed by atoms with Gasteiger partial charge < -0.3 is 19.2 Å². The summed E-state index contributed by atoms with van der Waals surface area (Å²) in [5, 5.41) is 4.72. The van der Waals surface area contributed by atoms with Crippen molar-refractivity contribution in [1.29, 1.82) is 0 Å². The third-order valence-corrected chi connectivity index (χ3v) is 9.20. The molecule has 1 unspecified atom stereocenters. The summed E-state index contributed by atoms with van der Waals surface area (Å²) in [6, 6.07) is 12.5. The standard InChI is InChI=1S/C28H30N4O6S/c1-19-2-7-23-25(14-19)39(35,36)18-24-26(28(34)31-10-13-38-17-22(31)16-33)29-32(27(23)24)21-5-3-20(4-6-21)15-30-8-11-37-12-9-30/h2-7,14,16,22H,8-13,15,17-18H2,1H3. The lowest BCUT2D eigenvalue weighted by Crippen LogP contribution is -2.49. The van der Waals surface area contributed by atoms with E-state index in [1.807, 2.05) is 37.3 Å². The Morgan fingerprint density at radius 1 is 1.05 bits per heavy atom. The molecule has 0 radical (unpaired) electrons. The summed E-state index contributed by atoms with van der Waals surface area (Å²) < 4.78 is 39.3. The molecule has 0 saturated carbocycles. The van der Waals surface area contributed by atoms with Crippen molar-refractivity contribution in [3.05, 3.63) is 64.8 Å². The summed E-state index contributed by atoms with van der Waals surface area (Å²) in [5.41, 5.74) is 4.18. The first-order valence-corrected chi connectivity index (χ1v) is 14.7. The van der Waals surface area contributed by atoms with Crippen LogP contribution in [-0.2, 0) is 36.4 Å². The minimum Gasteiger partial charge on any atom is -0.379 e. The van der Waals surface area contributed by atoms with E-state index in [2.05, 4.69) is 4.90 Å². The largest absolute Gasteiger partial charge is 0.379 e. The number of ether oxygens (including phenoxy) is 2. The van der Waals surface area contributed by atoms with Crippen LogP contribution in [0.5, 0.6) is 0 Å². The molecule has 1 amide bonds. The molecule has 0 aliphatic carbocycles. The number of morpholine rings is 2. The van der Waals surface area contributed by atoms with E-state index < -0.39 is 21.8 Å². The molecule has 1 atom stereocenters. The Bertz CT molecular complexity index is 1530. The molecule has 1 aromatic heterocycles. The molecule has 0 spiro atoms. The van der Waals surface area contributed by atoms with Crippen LogP contribution < -0.4 is 0 Å². The van der Waals surface area contributed by atoms with E-state index in [1.54, 1.807) is 16.8 Å². The molecule has 3 aliphatic rings. The molecule has 4 heterocycles. The second kappa shape index (κ2) is 10.3. The summed E-state index contributed by atoms with van der Waals surface area (Å²) in [6.07, 6.45) is 0.683. The smallest absolute Gasteiger partial charge is 0.275 e. The maximum atomic E-state index is 13.8. The highest BCUT2D eigenvalue weighted by molar-refractivity contribution is 7.90. The van der Waals surface area contributed by atoms with Gasteiger partial charge >= 0.3 is 0 Å². The van der Waals surface area contributed by atoms with Gasteiger partial charge in [0.1, 0.15) is 12.3 Å². The zero-order chi connectivity index (χ0) is 27.1. The number of amides is 1. The Morgan fingerprint density at radius 2 is 1.79 bits per heavy atom. The highest BCUT2D eigenvalue weighted by Crippen LogP contribution is 2.41. The van der Waals surface area contributed by atoms with Gasteiger partial charge in [-0.25, -0.2) is 13.1 Å². The summed E-state index contributed by atoms with van der Waals surface area (Å²) in [4.78, 5) is 29.4. The van der Waals surface area contributed by atoms with Crippen LogP contribution in [0.15, 0.2) is 47.4 Å². The molecule has 0 N–H and O–H groups in total. The number of fused-ring (bicyclic) bond motifs is 3. The molecular weight excluding hydrogens is 520 g/mol. The Kier molecular flexibility index (Phi) is 6.84. The van der Waals surface area contributed by atoms with Gasteiger partial charge in [-0.05, 0) is 36.2 Å². The van der Waals surface area contributed by atoms with Gasteiger partial charge in [-0.2, -0.15) is 5.10 Å². The van der Waals surface area contributed by atoms with E-state index in [1.165, 1.54) is 4.90 Å². The van der Waals surface area contributed by atoms with E-state index in [4.69, 9.17) is 14.6 Å². The molecule has 11 heteroatoms. The zero-order valence-corrected chi connectivity index (χ0v) is 22.5. The Hall–Kier alpha value is -3.38. The third kappa shape index (κ3) is 4.80. The van der Waals surface area contributed by atoms with Crippen LogP contribution >= 0.6 is 0 Å². The first-order chi connectivity index (χ1) is 18.9. The van der Waals surface area contributed by atoms with Crippen molar-refractivity contribution in [2.75, 3.05) is 46.1 Å². The van der Waals surface area contributed by atoms with E-state index in [0.717, 1.165) is 49.7 Å². The van der Waals surface area contributed by atoms with Gasteiger partial charge in [0.2, 0.25) is 0 Å². The van der Waals surface area contributed by atoms with Crippen LogP contribution in [0.1, 0.15) is 27.2 Å². The molecule has 2 saturated heterocycles. The lowest BCUT2D eigenvalue weighted by molar-refractivity contribution is -0.116. The van der Waals surface area contributed by atoms with Crippen molar-refractivity contribution in [1.82, 2.24) is 19.6 Å². The van der Waals surface area contributed by atoms with Gasteiger partial charge in [-0.1, -0.05) is 24.3 Å². The van der Waals surface area contributed by atoms with E-state index in [-0.39, 0.29) is 29.5 Å². The van der Waals surface area contributed by atoms with Gasteiger partial charge in [-0.3, -0.25) is 9.69 Å². The first-order valence-electron chi connectivity index (χ1n) is 13.0. The lowest BCUT2D eigenvalue weighted by atomic mass is 10.0. The number of hydrogen-bond donors (Lipinski definition) is 0. The van der Waals surface area contributed by atoms with E-state index >= 15 is 0 Å². The monoisotopic (exact) mass is 550 g/mol. The quantitative estimate of drug-likeness (QED) is 0.444. The molecule has 3 aliphatic heterocycles. The van der Waals surface area contributed by atoms with Crippen LogP contribution in [0.2, 0.25) is 0 Å². The maximum Gasteiger partial charge on any atom is 0.275 e. The number of benzene rings is 2. The van der Waals surface area contributed by atoms with Crippen molar-refractivity contribution in [2.45, 2.75) is 30.2 Å². The van der Waals surface area contributed by atoms with Crippen molar-refractivity contribution in [2.24, 2.45) is 0 Å². The summed E-state index contributed by atoms with van der Waals surface area (Å²) >= 11 is 0. The number of carbonyl (C=O) groups excluding carboxylic acids is 2. The second-order valence-corrected chi connectivity index (χ2v) is 12.1. The Morgan fingerprint density at radius 3 is 2.54 bits per heavy atom. The predicted molar refractivity (Wildman–Crippen MR) is 142 cm³/mol. The number of nitrogens with zero attached hydrogens (tertiary/aromatic N) is 4. The van der Waals surface area contributed by atoms with Crippen LogP contribution in [0.25, 0.3) is 16.9 Å². The highest BCUT2D eigenvalue weighted by atomic mass is 32.2. The van der Waals surface area contributed by atoms with Gasteiger partial charge in [0.05, 0.1) is 48.5 Å². The zero-order valence-electron chi connectivity index (χ0n) is 21.7. The first kappa shape index (κ1) is 25.9. The van der Waals surface area contributed by atoms with Crippen LogP contribution in [-0.4, -0.2) is 92.3 Å². The molecule has 10 nitrogen and oxygen atoms in total. The maximum absolute atomic E-state index is 13.8. The van der Waals surface area contributed by atoms with Gasteiger partial charge in [0, 0.05) is 37.3 Å². The van der Waals surface area contributed by atoms with Crippen molar-refractivity contribution in [3.63, 3.8) is 0 Å². The summed E-state index contributed by atoms with van der Waals surface area (Å²) in [7, 11) is -3.71. The molecule has 204 valence electrons. The van der Waals surface area contributed by atoms with E-state index in [0.29, 0.717) is 29.7 Å². The number of aldehydes is 1. The van der Waals surface area contributed by atoms with Crippen LogP contribution in [0.4, 0.5) is 0 Å². The number of aromatic nitrogens is 2. The summed E-state index contributed by atoms with van der Waals surface area (Å²) in [5.74, 6) is -0.814. The molecule has 3 aromatic rings. The normalized spacial score (nSPS) is 20.7. The molecule has 39 heavy (non-hydrogen) atoms. The third-order valence-electron chi connectivity index (χ3n) is 7.52. The summed E-state index contributed by atoms with van der Waals surface area (Å²) in [6.45, 7) is 6.49. The molecular formula is C28H30N4O6S. The number of hydrogen-bond acceptors (Lipinski definition) is 8. The minimum absolute atomic E-state index is 0.0472. The fourth-order valence-electron chi connectivity index (χ4n) is 5.46. The van der Waals surface area contributed by atoms with Gasteiger partial charge in [-0.15, -0.1) is 0 Å². The fourth-order valence-corrected chi connectivity index (χ4v) is 7.13. The van der Waals surface area contributed by atoms with E-state index in [9.17, 15) is 18.0 Å². The number of aryl methyl sites for hydroxylation is 1. The fraction of sp³-hybridized carbons (Fsp3) is 0.393. The van der Waals surface area contributed by atoms with Crippen LogP contribution in [0.3, 0.4) is 0 Å². The minimum atomic E-state index is -3.71. The molecule has 0 bridgehead atoms. The van der Waals surface area contributed by atoms with Crippen LogP contribution in [0, 0.1) is 6.92 Å². The molecule has 2 fully saturated rings. The molecule has 6 rings (SSSR count). The Balaban J connectivity index is 1.45. The predicted octanol–water partition coefficient (Wildman–Crippen LogP) is 2.01. The SMILES string of the molecule is Cc1ccc2c(c1)S(=O)(=O)Cc1c(C(=O)N3CCOCC3C=O)nn(-c3ccc(CN4CCOCC4)cc3)c1-2. The van der Waals surface area contributed by atoms with Crippen molar-refractivity contribution in [3.8, 4) is 16.9 Å². The number of rotatable bonds is 5. The average molecular weight is 551 g/mol. The topological polar surface area (TPSA) is 111 Å². The van der Waals surface area contributed by atoms with Crippen molar-refractivity contribution < 1.29 is 27.5 Å². The lowest BCUT2D eigenvalue weighted by Gasteiger charge is -2.32. The Labute approximate surface area is 227 Å². The average Bonchev–Trinajstić information content (AvgIpc) is 3.32. The number of sulfone groups is 1. The highest BCUT2D eigenvalue weighted by Gasteiger charge is 2.39. The van der Waals surface area contributed by atoms with Gasteiger partial charge in [0.15, 0.2) is 15.5 Å².